The molecule has 2 amide bonds. The molecule has 0 radical (unpaired) electrons. The van der Waals surface area contributed by atoms with Crippen LogP contribution in [0.1, 0.15) is 21.5 Å². The van der Waals surface area contributed by atoms with Crippen molar-refractivity contribution >= 4 is 23.2 Å². The molecule has 3 N–H and O–H groups in total. The fourth-order valence-corrected chi connectivity index (χ4v) is 2.15. The monoisotopic (exact) mass is 311 g/mol. The number of benzene rings is 2. The van der Waals surface area contributed by atoms with Crippen LogP contribution in [0.2, 0.25) is 0 Å². The third kappa shape index (κ3) is 4.32. The predicted molar refractivity (Wildman–Crippen MR) is 92.9 cm³/mol. The van der Waals surface area contributed by atoms with Gasteiger partial charge in [0, 0.05) is 24.0 Å². The fraction of sp³-hybridized carbons (Fsp3) is 0.222. The molecule has 0 atom stereocenters. The molecule has 0 saturated carbocycles. The second kappa shape index (κ2) is 7.45. The van der Waals surface area contributed by atoms with Crippen LogP contribution in [0.15, 0.2) is 42.5 Å². The summed E-state index contributed by atoms with van der Waals surface area (Å²) in [5.41, 5.74) is 4.40. The van der Waals surface area contributed by atoms with Crippen molar-refractivity contribution in [3.05, 3.63) is 59.2 Å². The highest BCUT2D eigenvalue weighted by Gasteiger charge is 2.06. The number of carbonyl (C=O) groups excluding carboxylic acids is 2. The smallest absolute Gasteiger partial charge is 0.251 e. The average molecular weight is 311 g/mol. The third-order valence-corrected chi connectivity index (χ3v) is 3.71. The molecular formula is C18H21N3O2. The van der Waals surface area contributed by atoms with Crippen molar-refractivity contribution in [2.45, 2.75) is 13.8 Å². The third-order valence-electron chi connectivity index (χ3n) is 3.71. The zero-order valence-electron chi connectivity index (χ0n) is 13.6. The van der Waals surface area contributed by atoms with Crippen LogP contribution in [-0.2, 0) is 4.79 Å². The lowest BCUT2D eigenvalue weighted by Crippen LogP contribution is -2.22. The number of anilines is 2. The zero-order chi connectivity index (χ0) is 16.8. The highest BCUT2D eigenvalue weighted by Crippen LogP contribution is 2.17. The first-order valence-corrected chi connectivity index (χ1v) is 7.43. The molecule has 5 heteroatoms. The molecule has 0 spiro atoms. The van der Waals surface area contributed by atoms with E-state index in [0.717, 1.165) is 22.5 Å². The van der Waals surface area contributed by atoms with Gasteiger partial charge < -0.3 is 16.0 Å². The van der Waals surface area contributed by atoms with Crippen molar-refractivity contribution < 1.29 is 9.59 Å². The molecule has 0 unspecified atom stereocenters. The lowest BCUT2D eigenvalue weighted by molar-refractivity contribution is -0.114. The summed E-state index contributed by atoms with van der Waals surface area (Å²) in [6.45, 7) is 4.15. The maximum atomic E-state index is 12.0. The maximum Gasteiger partial charge on any atom is 0.251 e. The average Bonchev–Trinajstić information content (AvgIpc) is 2.57. The minimum absolute atomic E-state index is 0.117. The molecule has 0 aromatic heterocycles. The standard InChI is InChI=1S/C18H21N3O2/c1-12-5-4-6-16(13(12)2)21-17(22)11-20-15-9-7-14(8-10-15)18(23)19-3/h4-10,20H,11H2,1-3H3,(H,19,23)(H,21,22). The minimum Gasteiger partial charge on any atom is -0.376 e. The second-order valence-corrected chi connectivity index (χ2v) is 5.31. The molecule has 120 valence electrons. The first-order chi connectivity index (χ1) is 11.0. The largest absolute Gasteiger partial charge is 0.376 e. The van der Waals surface area contributed by atoms with E-state index >= 15 is 0 Å². The highest BCUT2D eigenvalue weighted by atomic mass is 16.2. The van der Waals surface area contributed by atoms with Crippen LogP contribution in [0.3, 0.4) is 0 Å². The van der Waals surface area contributed by atoms with Crippen LogP contribution in [0, 0.1) is 13.8 Å². The number of amides is 2. The van der Waals surface area contributed by atoms with Gasteiger partial charge >= 0.3 is 0 Å². The van der Waals surface area contributed by atoms with Crippen molar-refractivity contribution in [1.29, 1.82) is 0 Å². The Hall–Kier alpha value is -2.82. The SMILES string of the molecule is CNC(=O)c1ccc(NCC(=O)Nc2cccc(C)c2C)cc1. The predicted octanol–water partition coefficient (Wildman–Crippen LogP) is 2.71. The minimum atomic E-state index is -0.135. The first-order valence-electron chi connectivity index (χ1n) is 7.43. The Labute approximate surface area is 136 Å². The maximum absolute atomic E-state index is 12.0. The molecule has 0 fully saturated rings. The van der Waals surface area contributed by atoms with E-state index in [1.54, 1.807) is 31.3 Å². The zero-order valence-corrected chi connectivity index (χ0v) is 13.6. The van der Waals surface area contributed by atoms with E-state index in [1.807, 2.05) is 32.0 Å². The van der Waals surface area contributed by atoms with Gasteiger partial charge in [-0.25, -0.2) is 0 Å². The van der Waals surface area contributed by atoms with Gasteiger partial charge in [-0.3, -0.25) is 9.59 Å². The number of aryl methyl sites for hydroxylation is 1. The van der Waals surface area contributed by atoms with Crippen LogP contribution in [-0.4, -0.2) is 25.4 Å². The summed E-state index contributed by atoms with van der Waals surface area (Å²) in [5, 5.41) is 8.50. The van der Waals surface area contributed by atoms with Gasteiger partial charge in [0.1, 0.15) is 0 Å². The summed E-state index contributed by atoms with van der Waals surface area (Å²) < 4.78 is 0. The van der Waals surface area contributed by atoms with E-state index in [1.165, 1.54) is 0 Å². The van der Waals surface area contributed by atoms with E-state index in [0.29, 0.717) is 5.56 Å². The van der Waals surface area contributed by atoms with E-state index in [4.69, 9.17) is 0 Å². The van der Waals surface area contributed by atoms with Crippen LogP contribution >= 0.6 is 0 Å². The number of hydrogen-bond acceptors (Lipinski definition) is 3. The summed E-state index contributed by atoms with van der Waals surface area (Å²) in [5.74, 6) is -0.252. The van der Waals surface area contributed by atoms with E-state index < -0.39 is 0 Å². The Kier molecular flexibility index (Phi) is 5.36. The summed E-state index contributed by atoms with van der Waals surface area (Å²) in [6.07, 6.45) is 0. The van der Waals surface area contributed by atoms with Crippen LogP contribution in [0.4, 0.5) is 11.4 Å². The van der Waals surface area contributed by atoms with Gasteiger partial charge in [0.15, 0.2) is 0 Å². The summed E-state index contributed by atoms with van der Waals surface area (Å²) in [4.78, 5) is 23.5. The Morgan fingerprint density at radius 3 is 2.35 bits per heavy atom. The number of rotatable bonds is 5. The topological polar surface area (TPSA) is 70.2 Å². The van der Waals surface area contributed by atoms with E-state index in [-0.39, 0.29) is 18.4 Å². The van der Waals surface area contributed by atoms with Gasteiger partial charge in [-0.15, -0.1) is 0 Å². The van der Waals surface area contributed by atoms with Gasteiger partial charge in [-0.05, 0) is 55.3 Å². The van der Waals surface area contributed by atoms with Gasteiger partial charge in [-0.2, -0.15) is 0 Å². The molecule has 0 aliphatic rings. The van der Waals surface area contributed by atoms with Gasteiger partial charge in [0.2, 0.25) is 5.91 Å². The molecule has 0 aliphatic carbocycles. The molecule has 5 nitrogen and oxygen atoms in total. The Balaban J connectivity index is 1.91. The number of carbonyl (C=O) groups is 2. The molecule has 0 bridgehead atoms. The number of hydrogen-bond donors (Lipinski definition) is 3. The van der Waals surface area contributed by atoms with Crippen molar-refractivity contribution in [2.75, 3.05) is 24.2 Å². The molecular weight excluding hydrogens is 290 g/mol. The lowest BCUT2D eigenvalue weighted by atomic mass is 10.1. The van der Waals surface area contributed by atoms with Crippen molar-refractivity contribution in [2.24, 2.45) is 0 Å². The Morgan fingerprint density at radius 2 is 1.70 bits per heavy atom. The molecule has 0 aliphatic heterocycles. The lowest BCUT2D eigenvalue weighted by Gasteiger charge is -2.11. The molecule has 0 heterocycles. The van der Waals surface area contributed by atoms with Gasteiger partial charge in [0.05, 0.1) is 6.54 Å². The first kappa shape index (κ1) is 16.5. The summed E-state index contributed by atoms with van der Waals surface area (Å²) >= 11 is 0. The van der Waals surface area contributed by atoms with Crippen molar-refractivity contribution in [3.8, 4) is 0 Å². The Morgan fingerprint density at radius 1 is 1.00 bits per heavy atom. The fourth-order valence-electron chi connectivity index (χ4n) is 2.15. The summed E-state index contributed by atoms with van der Waals surface area (Å²) in [6, 6.07) is 12.8. The van der Waals surface area contributed by atoms with Gasteiger partial charge in [0.25, 0.3) is 5.91 Å². The van der Waals surface area contributed by atoms with Crippen molar-refractivity contribution in [3.63, 3.8) is 0 Å². The second-order valence-electron chi connectivity index (χ2n) is 5.31. The van der Waals surface area contributed by atoms with Crippen LogP contribution in [0.25, 0.3) is 0 Å². The Bertz CT molecular complexity index is 709. The number of nitrogens with one attached hydrogen (secondary N) is 3. The van der Waals surface area contributed by atoms with Crippen LogP contribution < -0.4 is 16.0 Å². The van der Waals surface area contributed by atoms with Crippen LogP contribution in [0.5, 0.6) is 0 Å². The molecule has 2 rings (SSSR count). The highest BCUT2D eigenvalue weighted by molar-refractivity contribution is 5.95. The molecule has 0 saturated heterocycles. The molecule has 2 aromatic rings. The van der Waals surface area contributed by atoms with Gasteiger partial charge in [-0.1, -0.05) is 12.1 Å². The normalized spacial score (nSPS) is 10.0. The van der Waals surface area contributed by atoms with Crippen molar-refractivity contribution in [1.82, 2.24) is 5.32 Å². The quantitative estimate of drug-likeness (QED) is 0.795. The summed E-state index contributed by atoms with van der Waals surface area (Å²) in [7, 11) is 1.59. The van der Waals surface area contributed by atoms with E-state index in [9.17, 15) is 9.59 Å². The molecule has 23 heavy (non-hydrogen) atoms. The molecule has 2 aromatic carbocycles. The van der Waals surface area contributed by atoms with E-state index in [2.05, 4.69) is 16.0 Å².